The van der Waals surface area contributed by atoms with Gasteiger partial charge in [0.1, 0.15) is 0 Å². The van der Waals surface area contributed by atoms with Crippen LogP contribution >= 0.6 is 0 Å². The van der Waals surface area contributed by atoms with Crippen molar-refractivity contribution in [2.45, 2.75) is 13.8 Å². The molecule has 1 aromatic carbocycles. The van der Waals surface area contributed by atoms with Crippen molar-refractivity contribution in [3.63, 3.8) is 0 Å². The first kappa shape index (κ1) is 12.5. The first-order valence-corrected chi connectivity index (χ1v) is 6.56. The fourth-order valence-electron chi connectivity index (χ4n) is 2.23. The zero-order valence-electron chi connectivity index (χ0n) is 11.8. The number of nitrogens with one attached hydrogen (secondary N) is 1. The van der Waals surface area contributed by atoms with E-state index in [1.165, 1.54) is 0 Å². The predicted molar refractivity (Wildman–Crippen MR) is 81.8 cm³/mol. The van der Waals surface area contributed by atoms with Crippen molar-refractivity contribution < 1.29 is 0 Å². The van der Waals surface area contributed by atoms with Gasteiger partial charge in [0.2, 0.25) is 5.95 Å². The van der Waals surface area contributed by atoms with Gasteiger partial charge in [0.25, 0.3) is 0 Å². The van der Waals surface area contributed by atoms with Gasteiger partial charge in [-0.05, 0) is 37.6 Å². The van der Waals surface area contributed by atoms with E-state index in [0.29, 0.717) is 5.95 Å². The Balaban J connectivity index is 2.17. The van der Waals surface area contributed by atoms with E-state index in [9.17, 15) is 0 Å². The van der Waals surface area contributed by atoms with Crippen LogP contribution in [-0.4, -0.2) is 22.0 Å². The second-order valence-corrected chi connectivity index (χ2v) is 4.84. The van der Waals surface area contributed by atoms with Gasteiger partial charge in [-0.15, -0.1) is 0 Å². The number of aromatic nitrogens is 3. The molecule has 20 heavy (non-hydrogen) atoms. The van der Waals surface area contributed by atoms with Crippen LogP contribution in [0.5, 0.6) is 0 Å². The van der Waals surface area contributed by atoms with Gasteiger partial charge < -0.3 is 5.32 Å². The Kier molecular flexibility index (Phi) is 3.06. The Morgan fingerprint density at radius 2 is 1.85 bits per heavy atom. The molecule has 0 fully saturated rings. The summed E-state index contributed by atoms with van der Waals surface area (Å²) in [6.45, 7) is 4.02. The lowest BCUT2D eigenvalue weighted by Crippen LogP contribution is -1.99. The van der Waals surface area contributed by atoms with Crippen LogP contribution in [0.3, 0.4) is 0 Å². The molecular formula is C16H16N4. The molecule has 0 saturated heterocycles. The van der Waals surface area contributed by atoms with Gasteiger partial charge in [0.15, 0.2) is 0 Å². The summed E-state index contributed by atoms with van der Waals surface area (Å²) in [7, 11) is 1.82. The number of fused-ring (bicyclic) bond motifs is 1. The van der Waals surface area contributed by atoms with Crippen LogP contribution in [0.4, 0.5) is 5.95 Å². The van der Waals surface area contributed by atoms with Gasteiger partial charge in [-0.3, -0.25) is 4.98 Å². The van der Waals surface area contributed by atoms with Crippen LogP contribution in [0, 0.1) is 13.8 Å². The molecule has 4 heteroatoms. The second-order valence-electron chi connectivity index (χ2n) is 4.84. The third-order valence-corrected chi connectivity index (χ3v) is 3.30. The van der Waals surface area contributed by atoms with Crippen molar-refractivity contribution in [2.24, 2.45) is 0 Å². The molecule has 0 spiro atoms. The molecule has 0 unspecified atom stereocenters. The molecule has 0 aliphatic rings. The minimum Gasteiger partial charge on any atom is -0.357 e. The van der Waals surface area contributed by atoms with Gasteiger partial charge in [-0.2, -0.15) is 0 Å². The smallest absolute Gasteiger partial charge is 0.222 e. The summed E-state index contributed by atoms with van der Waals surface area (Å²) in [4.78, 5) is 13.3. The number of anilines is 1. The van der Waals surface area contributed by atoms with Crippen LogP contribution in [0.25, 0.3) is 22.2 Å². The Labute approximate surface area is 117 Å². The third-order valence-electron chi connectivity index (χ3n) is 3.30. The van der Waals surface area contributed by atoms with E-state index in [1.807, 2.05) is 39.2 Å². The lowest BCUT2D eigenvalue weighted by molar-refractivity contribution is 1.12. The number of benzene rings is 1. The van der Waals surface area contributed by atoms with Crippen LogP contribution < -0.4 is 5.32 Å². The molecule has 0 bridgehead atoms. The summed E-state index contributed by atoms with van der Waals surface area (Å²) < 4.78 is 0. The summed E-state index contributed by atoms with van der Waals surface area (Å²) in [6, 6.07) is 10.3. The molecule has 0 radical (unpaired) electrons. The van der Waals surface area contributed by atoms with Gasteiger partial charge in [0, 0.05) is 29.9 Å². The summed E-state index contributed by atoms with van der Waals surface area (Å²) >= 11 is 0. The largest absolute Gasteiger partial charge is 0.357 e. The monoisotopic (exact) mass is 264 g/mol. The first-order valence-electron chi connectivity index (χ1n) is 6.56. The molecular weight excluding hydrogens is 248 g/mol. The molecule has 3 aromatic rings. The number of pyridine rings is 1. The van der Waals surface area contributed by atoms with Crippen molar-refractivity contribution in [1.29, 1.82) is 0 Å². The van der Waals surface area contributed by atoms with Crippen molar-refractivity contribution in [2.75, 3.05) is 12.4 Å². The molecule has 1 N–H and O–H groups in total. The van der Waals surface area contributed by atoms with E-state index < -0.39 is 0 Å². The van der Waals surface area contributed by atoms with Crippen molar-refractivity contribution in [1.82, 2.24) is 15.0 Å². The predicted octanol–water partition coefficient (Wildman–Crippen LogP) is 3.35. The van der Waals surface area contributed by atoms with E-state index in [1.54, 1.807) is 0 Å². The van der Waals surface area contributed by atoms with Crippen molar-refractivity contribution in [3.8, 4) is 11.3 Å². The standard InChI is InChI=1S/C16H16N4/c1-10-9-18-16(17-3)20-15(10)13-6-7-14-12(8-13)5-4-11(2)19-14/h4-9H,1-3H3,(H,17,18,20). The van der Waals surface area contributed by atoms with Gasteiger partial charge in [0.05, 0.1) is 11.2 Å². The number of nitrogens with zero attached hydrogens (tertiary/aromatic N) is 3. The maximum absolute atomic E-state index is 4.54. The van der Waals surface area contributed by atoms with Crippen LogP contribution in [0.2, 0.25) is 0 Å². The van der Waals surface area contributed by atoms with Crippen LogP contribution in [0.15, 0.2) is 36.5 Å². The minimum atomic E-state index is 0.632. The summed E-state index contributed by atoms with van der Waals surface area (Å²) in [6.07, 6.45) is 1.84. The van der Waals surface area contributed by atoms with Crippen LogP contribution in [-0.2, 0) is 0 Å². The van der Waals surface area contributed by atoms with E-state index in [2.05, 4.69) is 38.5 Å². The fraction of sp³-hybridized carbons (Fsp3) is 0.188. The van der Waals surface area contributed by atoms with Gasteiger partial charge in [-0.1, -0.05) is 12.1 Å². The minimum absolute atomic E-state index is 0.632. The number of rotatable bonds is 2. The highest BCUT2D eigenvalue weighted by Gasteiger charge is 2.07. The maximum Gasteiger partial charge on any atom is 0.222 e. The maximum atomic E-state index is 4.54. The van der Waals surface area contributed by atoms with Crippen molar-refractivity contribution >= 4 is 16.9 Å². The zero-order valence-corrected chi connectivity index (χ0v) is 11.8. The average Bonchev–Trinajstić information content (AvgIpc) is 2.47. The first-order chi connectivity index (χ1) is 9.67. The normalized spacial score (nSPS) is 10.8. The molecule has 0 aliphatic heterocycles. The van der Waals surface area contributed by atoms with Crippen molar-refractivity contribution in [3.05, 3.63) is 47.8 Å². The lowest BCUT2D eigenvalue weighted by Gasteiger charge is -2.08. The van der Waals surface area contributed by atoms with E-state index in [0.717, 1.165) is 33.4 Å². The Bertz CT molecular complexity index is 781. The van der Waals surface area contributed by atoms with E-state index in [-0.39, 0.29) is 0 Å². The SMILES string of the molecule is CNc1ncc(C)c(-c2ccc3nc(C)ccc3c2)n1. The average molecular weight is 264 g/mol. The number of aryl methyl sites for hydroxylation is 2. The highest BCUT2D eigenvalue weighted by Crippen LogP contribution is 2.25. The van der Waals surface area contributed by atoms with Gasteiger partial charge >= 0.3 is 0 Å². The highest BCUT2D eigenvalue weighted by molar-refractivity contribution is 5.84. The molecule has 4 nitrogen and oxygen atoms in total. The van der Waals surface area contributed by atoms with E-state index >= 15 is 0 Å². The van der Waals surface area contributed by atoms with Crippen LogP contribution in [0.1, 0.15) is 11.3 Å². The third kappa shape index (κ3) is 2.20. The molecule has 0 amide bonds. The lowest BCUT2D eigenvalue weighted by atomic mass is 10.1. The topological polar surface area (TPSA) is 50.7 Å². The zero-order chi connectivity index (χ0) is 14.1. The summed E-state index contributed by atoms with van der Waals surface area (Å²) in [5.74, 6) is 0.632. The molecule has 2 heterocycles. The molecule has 100 valence electrons. The number of hydrogen-bond acceptors (Lipinski definition) is 4. The molecule has 0 saturated carbocycles. The Hall–Kier alpha value is -2.49. The quantitative estimate of drug-likeness (QED) is 0.771. The molecule has 2 aromatic heterocycles. The second kappa shape index (κ2) is 4.89. The Morgan fingerprint density at radius 3 is 2.65 bits per heavy atom. The van der Waals surface area contributed by atoms with E-state index in [4.69, 9.17) is 0 Å². The summed E-state index contributed by atoms with van der Waals surface area (Å²) in [5.41, 5.74) is 5.13. The molecule has 0 aliphatic carbocycles. The van der Waals surface area contributed by atoms with Gasteiger partial charge in [-0.25, -0.2) is 9.97 Å². The molecule has 3 rings (SSSR count). The fourth-order valence-corrected chi connectivity index (χ4v) is 2.23. The number of hydrogen-bond donors (Lipinski definition) is 1. The highest BCUT2D eigenvalue weighted by atomic mass is 15.1. The molecule has 0 atom stereocenters. The summed E-state index contributed by atoms with van der Waals surface area (Å²) in [5, 5.41) is 4.10. The Morgan fingerprint density at radius 1 is 1.00 bits per heavy atom.